The molecule has 1 fully saturated rings. The summed E-state index contributed by atoms with van der Waals surface area (Å²) in [6.45, 7) is 2.03. The zero-order chi connectivity index (χ0) is 17.9. The fourth-order valence-corrected chi connectivity index (χ4v) is 4.87. The molecule has 1 saturated carbocycles. The van der Waals surface area contributed by atoms with Crippen molar-refractivity contribution in [2.45, 2.75) is 61.5 Å². The van der Waals surface area contributed by atoms with Crippen LogP contribution in [0.3, 0.4) is 0 Å². The van der Waals surface area contributed by atoms with E-state index in [-0.39, 0.29) is 4.90 Å². The maximum absolute atomic E-state index is 11.3. The molecule has 1 aromatic heterocycles. The van der Waals surface area contributed by atoms with Crippen molar-refractivity contribution in [3.63, 3.8) is 0 Å². The molecular weight excluding hydrogens is 356 g/mol. The summed E-state index contributed by atoms with van der Waals surface area (Å²) in [6, 6.07) is 7.28. The van der Waals surface area contributed by atoms with Crippen LogP contribution < -0.4 is 5.14 Å². The van der Waals surface area contributed by atoms with Gasteiger partial charge in [-0.1, -0.05) is 43.2 Å². The zero-order valence-corrected chi connectivity index (χ0v) is 16.0. The van der Waals surface area contributed by atoms with Crippen LogP contribution in [0.4, 0.5) is 0 Å². The summed E-state index contributed by atoms with van der Waals surface area (Å²) < 4.78 is 24.9. The number of aryl methyl sites for hydroxylation is 2. The number of benzene rings is 1. The standard InChI is InChI=1S/C17H24N4O2S2/c1-13-19-20-17(21(13)15-5-3-2-4-6-15)24-12-11-14-7-9-16(10-8-14)25(18,22)23/h7-10,15H,2-6,11-12H2,1H3,(H2,18,22,23). The highest BCUT2D eigenvalue weighted by molar-refractivity contribution is 7.99. The van der Waals surface area contributed by atoms with E-state index in [4.69, 9.17) is 5.14 Å². The van der Waals surface area contributed by atoms with E-state index in [9.17, 15) is 8.42 Å². The topological polar surface area (TPSA) is 90.9 Å². The minimum absolute atomic E-state index is 0.150. The largest absolute Gasteiger partial charge is 0.303 e. The first-order valence-corrected chi connectivity index (χ1v) is 11.1. The number of aromatic nitrogens is 3. The van der Waals surface area contributed by atoms with Crippen LogP contribution in [0.25, 0.3) is 0 Å². The Hall–Kier alpha value is -1.38. The van der Waals surface area contributed by atoms with Crippen molar-refractivity contribution in [3.05, 3.63) is 35.7 Å². The molecular formula is C17H24N4O2S2. The maximum Gasteiger partial charge on any atom is 0.238 e. The smallest absolute Gasteiger partial charge is 0.238 e. The molecule has 1 heterocycles. The molecule has 1 aliphatic rings. The number of primary sulfonamides is 1. The lowest BCUT2D eigenvalue weighted by atomic mass is 9.95. The SMILES string of the molecule is Cc1nnc(SCCc2ccc(S(N)(=O)=O)cc2)n1C1CCCCC1. The molecule has 8 heteroatoms. The Morgan fingerprint density at radius 1 is 1.16 bits per heavy atom. The summed E-state index contributed by atoms with van der Waals surface area (Å²) in [6.07, 6.45) is 7.15. The second-order valence-electron chi connectivity index (χ2n) is 6.48. The number of rotatable bonds is 6. The van der Waals surface area contributed by atoms with E-state index in [1.165, 1.54) is 32.1 Å². The monoisotopic (exact) mass is 380 g/mol. The van der Waals surface area contributed by atoms with Crippen LogP contribution in [0.2, 0.25) is 0 Å². The predicted octanol–water partition coefficient (Wildman–Crippen LogP) is 3.07. The zero-order valence-electron chi connectivity index (χ0n) is 14.4. The van der Waals surface area contributed by atoms with Gasteiger partial charge in [0.2, 0.25) is 10.0 Å². The summed E-state index contributed by atoms with van der Waals surface area (Å²) in [5.41, 5.74) is 1.08. The molecule has 1 aromatic carbocycles. The molecule has 0 aliphatic heterocycles. The number of hydrogen-bond donors (Lipinski definition) is 1. The average Bonchev–Trinajstić information content (AvgIpc) is 2.96. The predicted molar refractivity (Wildman–Crippen MR) is 99.1 cm³/mol. The molecule has 1 aliphatic carbocycles. The van der Waals surface area contributed by atoms with Gasteiger partial charge in [0.1, 0.15) is 5.82 Å². The molecule has 2 N–H and O–H groups in total. The van der Waals surface area contributed by atoms with Gasteiger partial charge in [0, 0.05) is 11.8 Å². The van der Waals surface area contributed by atoms with E-state index in [1.807, 2.05) is 19.1 Å². The van der Waals surface area contributed by atoms with Gasteiger partial charge in [-0.05, 0) is 43.9 Å². The third-order valence-corrected chi connectivity index (χ3v) is 6.52. The van der Waals surface area contributed by atoms with E-state index < -0.39 is 10.0 Å². The maximum atomic E-state index is 11.3. The molecule has 0 spiro atoms. The van der Waals surface area contributed by atoms with E-state index >= 15 is 0 Å². The van der Waals surface area contributed by atoms with Crippen LogP contribution in [-0.2, 0) is 16.4 Å². The van der Waals surface area contributed by atoms with Crippen molar-refractivity contribution >= 4 is 21.8 Å². The molecule has 0 atom stereocenters. The first-order chi connectivity index (χ1) is 11.9. The third-order valence-electron chi connectivity index (χ3n) is 4.65. The molecule has 3 rings (SSSR count). The Balaban J connectivity index is 1.61. The van der Waals surface area contributed by atoms with Gasteiger partial charge in [-0.2, -0.15) is 0 Å². The van der Waals surface area contributed by atoms with E-state index in [0.29, 0.717) is 6.04 Å². The number of thioether (sulfide) groups is 1. The Kier molecular flexibility index (Phi) is 5.81. The van der Waals surface area contributed by atoms with Crippen molar-refractivity contribution in [3.8, 4) is 0 Å². The molecule has 0 unspecified atom stereocenters. The molecule has 6 nitrogen and oxygen atoms in total. The number of nitrogens with zero attached hydrogens (tertiary/aromatic N) is 3. The molecule has 25 heavy (non-hydrogen) atoms. The van der Waals surface area contributed by atoms with Gasteiger partial charge in [-0.3, -0.25) is 0 Å². The summed E-state index contributed by atoms with van der Waals surface area (Å²) in [7, 11) is -3.63. The molecule has 0 bridgehead atoms. The van der Waals surface area contributed by atoms with Crippen LogP contribution in [-0.4, -0.2) is 28.9 Å². The summed E-state index contributed by atoms with van der Waals surface area (Å²) in [5.74, 6) is 1.87. The van der Waals surface area contributed by atoms with Gasteiger partial charge in [0.15, 0.2) is 5.16 Å². The van der Waals surface area contributed by atoms with Gasteiger partial charge >= 0.3 is 0 Å². The lowest BCUT2D eigenvalue weighted by molar-refractivity contribution is 0.332. The molecule has 0 saturated heterocycles. The van der Waals surface area contributed by atoms with Gasteiger partial charge in [-0.25, -0.2) is 13.6 Å². The summed E-state index contributed by atoms with van der Waals surface area (Å²) in [5, 5.41) is 14.7. The molecule has 0 radical (unpaired) electrons. The van der Waals surface area contributed by atoms with Crippen molar-refractivity contribution in [1.82, 2.24) is 14.8 Å². The normalized spacial score (nSPS) is 16.2. The Morgan fingerprint density at radius 3 is 2.48 bits per heavy atom. The Morgan fingerprint density at radius 2 is 1.84 bits per heavy atom. The van der Waals surface area contributed by atoms with E-state index in [0.717, 1.165) is 28.7 Å². The molecule has 2 aromatic rings. The van der Waals surface area contributed by atoms with Crippen LogP contribution in [0.1, 0.15) is 49.5 Å². The highest BCUT2D eigenvalue weighted by Crippen LogP contribution is 2.32. The van der Waals surface area contributed by atoms with Crippen molar-refractivity contribution in [2.24, 2.45) is 5.14 Å². The summed E-state index contributed by atoms with van der Waals surface area (Å²) in [4.78, 5) is 0.150. The number of hydrogen-bond acceptors (Lipinski definition) is 5. The highest BCUT2D eigenvalue weighted by Gasteiger charge is 2.21. The van der Waals surface area contributed by atoms with Gasteiger partial charge in [-0.15, -0.1) is 10.2 Å². The number of sulfonamides is 1. The fourth-order valence-electron chi connectivity index (χ4n) is 3.31. The van der Waals surface area contributed by atoms with Crippen molar-refractivity contribution in [1.29, 1.82) is 0 Å². The summed E-state index contributed by atoms with van der Waals surface area (Å²) >= 11 is 1.71. The van der Waals surface area contributed by atoms with Crippen LogP contribution in [0, 0.1) is 6.92 Å². The first-order valence-electron chi connectivity index (χ1n) is 8.61. The molecule has 0 amide bonds. The minimum Gasteiger partial charge on any atom is -0.303 e. The van der Waals surface area contributed by atoms with Crippen LogP contribution >= 0.6 is 11.8 Å². The van der Waals surface area contributed by atoms with Crippen LogP contribution in [0.5, 0.6) is 0 Å². The van der Waals surface area contributed by atoms with Gasteiger partial charge < -0.3 is 4.57 Å². The van der Waals surface area contributed by atoms with Crippen LogP contribution in [0.15, 0.2) is 34.3 Å². The lowest BCUT2D eigenvalue weighted by Gasteiger charge is -2.25. The Bertz CT molecular complexity index is 810. The lowest BCUT2D eigenvalue weighted by Crippen LogP contribution is -2.15. The van der Waals surface area contributed by atoms with Gasteiger partial charge in [0.05, 0.1) is 4.90 Å². The van der Waals surface area contributed by atoms with Crippen molar-refractivity contribution < 1.29 is 8.42 Å². The average molecular weight is 381 g/mol. The second-order valence-corrected chi connectivity index (χ2v) is 9.10. The quantitative estimate of drug-likeness (QED) is 0.778. The second kappa shape index (κ2) is 7.88. The van der Waals surface area contributed by atoms with E-state index in [2.05, 4.69) is 14.8 Å². The van der Waals surface area contributed by atoms with Crippen molar-refractivity contribution in [2.75, 3.05) is 5.75 Å². The highest BCUT2D eigenvalue weighted by atomic mass is 32.2. The number of nitrogens with two attached hydrogens (primary N) is 1. The first kappa shape index (κ1) is 18.4. The third kappa shape index (κ3) is 4.62. The minimum atomic E-state index is -3.63. The van der Waals surface area contributed by atoms with E-state index in [1.54, 1.807) is 23.9 Å². The fraction of sp³-hybridized carbons (Fsp3) is 0.529. The van der Waals surface area contributed by atoms with Gasteiger partial charge in [0.25, 0.3) is 0 Å². The molecule has 136 valence electrons. The Labute approximate surface area is 153 Å².